The molecule has 1 aliphatic heterocycles. The minimum atomic E-state index is -0.607. The van der Waals surface area contributed by atoms with E-state index in [0.717, 1.165) is 28.2 Å². The van der Waals surface area contributed by atoms with E-state index in [4.69, 9.17) is 5.73 Å². The topological polar surface area (TPSA) is 55.1 Å². The Morgan fingerprint density at radius 3 is 2.87 bits per heavy atom. The van der Waals surface area contributed by atoms with E-state index in [0.29, 0.717) is 6.42 Å². The Bertz CT molecular complexity index is 693. The highest BCUT2D eigenvalue weighted by atomic mass is 32.2. The van der Waals surface area contributed by atoms with Crippen LogP contribution >= 0.6 is 11.8 Å². The van der Waals surface area contributed by atoms with Gasteiger partial charge in [-0.15, -0.1) is 11.8 Å². The Morgan fingerprint density at radius 1 is 1.30 bits per heavy atom. The van der Waals surface area contributed by atoms with Crippen LogP contribution in [0.3, 0.4) is 0 Å². The Hall–Kier alpha value is -1.85. The zero-order valence-electron chi connectivity index (χ0n) is 12.7. The monoisotopic (exact) mass is 330 g/mol. The number of hydrogen-bond donors (Lipinski definition) is 2. The molecule has 3 rings (SSSR count). The van der Waals surface area contributed by atoms with Crippen molar-refractivity contribution in [3.8, 4) is 0 Å². The number of fused-ring (bicyclic) bond motifs is 1. The van der Waals surface area contributed by atoms with Crippen molar-refractivity contribution in [3.05, 3.63) is 65.5 Å². The first kappa shape index (κ1) is 16.0. The predicted octanol–water partition coefficient (Wildman–Crippen LogP) is 3.05. The summed E-state index contributed by atoms with van der Waals surface area (Å²) in [6.45, 7) is 0. The highest BCUT2D eigenvalue weighted by Crippen LogP contribution is 2.36. The van der Waals surface area contributed by atoms with Crippen LogP contribution in [0.1, 0.15) is 23.6 Å². The summed E-state index contributed by atoms with van der Waals surface area (Å²) >= 11 is 1.69. The number of nitrogens with one attached hydrogen (secondary N) is 1. The van der Waals surface area contributed by atoms with Gasteiger partial charge in [-0.3, -0.25) is 4.79 Å². The predicted molar refractivity (Wildman–Crippen MR) is 90.7 cm³/mol. The highest BCUT2D eigenvalue weighted by molar-refractivity contribution is 7.99. The van der Waals surface area contributed by atoms with Crippen LogP contribution in [0.5, 0.6) is 0 Å². The van der Waals surface area contributed by atoms with Gasteiger partial charge in [-0.2, -0.15) is 0 Å². The molecule has 1 aliphatic rings. The molecule has 2 aromatic rings. The molecule has 0 spiro atoms. The van der Waals surface area contributed by atoms with E-state index < -0.39 is 6.04 Å². The van der Waals surface area contributed by atoms with Crippen LogP contribution in [0.4, 0.5) is 4.39 Å². The van der Waals surface area contributed by atoms with Gasteiger partial charge < -0.3 is 11.1 Å². The van der Waals surface area contributed by atoms with Gasteiger partial charge in [0.25, 0.3) is 0 Å². The van der Waals surface area contributed by atoms with E-state index in [9.17, 15) is 9.18 Å². The number of carbonyl (C=O) groups excluding carboxylic acids is 1. The summed E-state index contributed by atoms with van der Waals surface area (Å²) in [5, 5.41) is 2.98. The van der Waals surface area contributed by atoms with Gasteiger partial charge in [-0.25, -0.2) is 4.39 Å². The second-order valence-electron chi connectivity index (χ2n) is 5.68. The molecule has 0 bridgehead atoms. The first-order chi connectivity index (χ1) is 11.1. The molecule has 3 N–H and O–H groups in total. The Morgan fingerprint density at radius 2 is 2.09 bits per heavy atom. The second-order valence-corrected chi connectivity index (χ2v) is 6.81. The fourth-order valence-corrected chi connectivity index (χ4v) is 3.86. The van der Waals surface area contributed by atoms with E-state index in [1.807, 2.05) is 30.3 Å². The number of benzene rings is 2. The zero-order chi connectivity index (χ0) is 16.2. The fourth-order valence-electron chi connectivity index (χ4n) is 2.75. The number of nitrogens with two attached hydrogens (primary N) is 1. The Kier molecular flexibility index (Phi) is 4.98. The van der Waals surface area contributed by atoms with Gasteiger partial charge in [0.1, 0.15) is 5.82 Å². The molecule has 2 aromatic carbocycles. The summed E-state index contributed by atoms with van der Waals surface area (Å²) in [5.41, 5.74) is 7.90. The maximum absolute atomic E-state index is 13.5. The van der Waals surface area contributed by atoms with Gasteiger partial charge in [-0.05, 0) is 42.2 Å². The third-order valence-electron chi connectivity index (χ3n) is 3.96. The maximum atomic E-state index is 13.5. The molecular weight excluding hydrogens is 311 g/mol. The average molecular weight is 330 g/mol. The minimum Gasteiger partial charge on any atom is -0.348 e. The number of carbonyl (C=O) groups is 1. The van der Waals surface area contributed by atoms with Gasteiger partial charge in [0.15, 0.2) is 0 Å². The lowest BCUT2D eigenvalue weighted by Crippen LogP contribution is -2.44. The molecule has 3 nitrogen and oxygen atoms in total. The van der Waals surface area contributed by atoms with Crippen LogP contribution in [-0.4, -0.2) is 17.7 Å². The van der Waals surface area contributed by atoms with Crippen LogP contribution in [0, 0.1) is 5.82 Å². The van der Waals surface area contributed by atoms with Crippen molar-refractivity contribution in [3.63, 3.8) is 0 Å². The van der Waals surface area contributed by atoms with E-state index >= 15 is 0 Å². The molecule has 1 unspecified atom stereocenters. The molecule has 0 radical (unpaired) electrons. The van der Waals surface area contributed by atoms with Crippen LogP contribution in [0.15, 0.2) is 53.4 Å². The lowest BCUT2D eigenvalue weighted by Gasteiger charge is -2.27. The molecule has 0 fully saturated rings. The van der Waals surface area contributed by atoms with E-state index in [-0.39, 0.29) is 17.8 Å². The molecule has 0 saturated heterocycles. The first-order valence-electron chi connectivity index (χ1n) is 7.65. The highest BCUT2D eigenvalue weighted by Gasteiger charge is 2.25. The lowest BCUT2D eigenvalue weighted by atomic mass is 10.0. The van der Waals surface area contributed by atoms with Gasteiger partial charge in [0, 0.05) is 10.6 Å². The molecule has 1 heterocycles. The zero-order valence-corrected chi connectivity index (χ0v) is 13.5. The largest absolute Gasteiger partial charge is 0.348 e. The van der Waals surface area contributed by atoms with Crippen molar-refractivity contribution in [2.45, 2.75) is 29.8 Å². The molecule has 0 aliphatic carbocycles. The van der Waals surface area contributed by atoms with Crippen molar-refractivity contribution < 1.29 is 9.18 Å². The average Bonchev–Trinajstić information content (AvgIpc) is 2.56. The molecule has 0 aromatic heterocycles. The van der Waals surface area contributed by atoms with Gasteiger partial charge in [0.05, 0.1) is 12.1 Å². The SMILES string of the molecule is N[C@@H](Cc1ccccc1)C(=O)NC1CCSc2ccc(F)cc21. The summed E-state index contributed by atoms with van der Waals surface area (Å²) in [4.78, 5) is 13.4. The van der Waals surface area contributed by atoms with E-state index in [2.05, 4.69) is 5.32 Å². The summed E-state index contributed by atoms with van der Waals surface area (Å²) in [6, 6.07) is 13.7. The maximum Gasteiger partial charge on any atom is 0.237 e. The molecule has 5 heteroatoms. The fraction of sp³-hybridized carbons (Fsp3) is 0.278. The quantitative estimate of drug-likeness (QED) is 0.906. The summed E-state index contributed by atoms with van der Waals surface area (Å²) < 4.78 is 13.5. The smallest absolute Gasteiger partial charge is 0.237 e. The Labute approximate surface area is 139 Å². The normalized spacial score (nSPS) is 18.1. The minimum absolute atomic E-state index is 0.170. The number of rotatable bonds is 4. The second kappa shape index (κ2) is 7.15. The van der Waals surface area contributed by atoms with Gasteiger partial charge >= 0.3 is 0 Å². The number of hydrogen-bond acceptors (Lipinski definition) is 3. The third kappa shape index (κ3) is 3.92. The van der Waals surface area contributed by atoms with Gasteiger partial charge in [0.2, 0.25) is 5.91 Å². The van der Waals surface area contributed by atoms with Crippen LogP contribution in [0.25, 0.3) is 0 Å². The molecule has 0 saturated carbocycles. The van der Waals surface area contributed by atoms with Crippen LogP contribution in [0.2, 0.25) is 0 Å². The number of halogens is 1. The molecule has 2 atom stereocenters. The van der Waals surface area contributed by atoms with E-state index in [1.165, 1.54) is 12.1 Å². The van der Waals surface area contributed by atoms with Crippen molar-refractivity contribution in [2.75, 3.05) is 5.75 Å². The van der Waals surface area contributed by atoms with Crippen molar-refractivity contribution in [2.24, 2.45) is 5.73 Å². The van der Waals surface area contributed by atoms with Crippen molar-refractivity contribution >= 4 is 17.7 Å². The van der Waals surface area contributed by atoms with E-state index in [1.54, 1.807) is 17.8 Å². The molecule has 23 heavy (non-hydrogen) atoms. The number of thioether (sulfide) groups is 1. The van der Waals surface area contributed by atoms with Crippen LogP contribution < -0.4 is 11.1 Å². The van der Waals surface area contributed by atoms with Crippen molar-refractivity contribution in [1.82, 2.24) is 5.32 Å². The van der Waals surface area contributed by atoms with Crippen molar-refractivity contribution in [1.29, 1.82) is 0 Å². The molecule has 120 valence electrons. The third-order valence-corrected chi connectivity index (χ3v) is 5.09. The summed E-state index contributed by atoms with van der Waals surface area (Å²) in [5.74, 6) is 0.428. The van der Waals surface area contributed by atoms with Gasteiger partial charge in [-0.1, -0.05) is 30.3 Å². The lowest BCUT2D eigenvalue weighted by molar-refractivity contribution is -0.123. The van der Waals surface area contributed by atoms with Crippen LogP contribution in [-0.2, 0) is 11.2 Å². The Balaban J connectivity index is 1.68. The standard InChI is InChI=1S/C18H19FN2OS/c19-13-6-7-17-14(11-13)16(8-9-23-17)21-18(22)15(20)10-12-4-2-1-3-5-12/h1-7,11,15-16H,8-10,20H2,(H,21,22)/t15-,16?/m0/s1. The number of amides is 1. The molecular formula is C18H19FN2OS. The summed E-state index contributed by atoms with van der Waals surface area (Å²) in [7, 11) is 0. The first-order valence-corrected chi connectivity index (χ1v) is 8.64. The molecule has 1 amide bonds. The summed E-state index contributed by atoms with van der Waals surface area (Å²) in [6.07, 6.45) is 1.27.